The molecule has 29 heavy (non-hydrogen) atoms. The van der Waals surface area contributed by atoms with Crippen molar-refractivity contribution >= 4 is 23.9 Å². The summed E-state index contributed by atoms with van der Waals surface area (Å²) in [5.41, 5.74) is 0. The van der Waals surface area contributed by atoms with Gasteiger partial charge in [0.15, 0.2) is 0 Å². The van der Waals surface area contributed by atoms with Gasteiger partial charge in [-0.2, -0.15) is 0 Å². The molecular weight excluding hydrogens is 384 g/mol. The molecule has 6 amide bonds. The van der Waals surface area contributed by atoms with Gasteiger partial charge in [-0.15, -0.1) is 0 Å². The van der Waals surface area contributed by atoms with Crippen LogP contribution < -0.4 is 21.3 Å². The van der Waals surface area contributed by atoms with E-state index in [-0.39, 0.29) is 19.1 Å². The third-order valence-electron chi connectivity index (χ3n) is 4.25. The molecule has 0 aromatic heterocycles. The molecule has 166 valence electrons. The number of imide groups is 2. The van der Waals surface area contributed by atoms with E-state index in [1.54, 1.807) is 0 Å². The van der Waals surface area contributed by atoms with Crippen molar-refractivity contribution < 1.29 is 28.7 Å². The number of nitrogens with zero attached hydrogens (tertiary/aromatic N) is 2. The van der Waals surface area contributed by atoms with Crippen molar-refractivity contribution in [2.24, 2.45) is 0 Å². The van der Waals surface area contributed by atoms with E-state index >= 15 is 0 Å². The van der Waals surface area contributed by atoms with Gasteiger partial charge >= 0.3 is 12.1 Å². The summed E-state index contributed by atoms with van der Waals surface area (Å²) in [5, 5.41) is 9.58. The average Bonchev–Trinajstić information content (AvgIpc) is 2.64. The van der Waals surface area contributed by atoms with Gasteiger partial charge < -0.3 is 20.1 Å². The van der Waals surface area contributed by atoms with Gasteiger partial charge in [0.25, 0.3) is 0 Å². The lowest BCUT2D eigenvalue weighted by Crippen LogP contribution is -2.57. The molecule has 1 fully saturated rings. The third kappa shape index (κ3) is 10.7. The zero-order valence-corrected chi connectivity index (χ0v) is 17.3. The van der Waals surface area contributed by atoms with Crippen LogP contribution in [0.3, 0.4) is 0 Å². The fourth-order valence-electron chi connectivity index (χ4n) is 2.79. The van der Waals surface area contributed by atoms with E-state index in [0.717, 1.165) is 0 Å². The normalized spacial score (nSPS) is 17.4. The Morgan fingerprint density at radius 1 is 0.862 bits per heavy atom. The van der Waals surface area contributed by atoms with Crippen molar-refractivity contribution in [1.29, 1.82) is 0 Å². The van der Waals surface area contributed by atoms with E-state index in [1.807, 2.05) is 16.7 Å². The Hall–Kier alpha value is -2.28. The van der Waals surface area contributed by atoms with Gasteiger partial charge in [-0.05, 0) is 6.92 Å². The molecule has 0 bridgehead atoms. The second-order valence-corrected chi connectivity index (χ2v) is 6.65. The number of amides is 6. The van der Waals surface area contributed by atoms with Gasteiger partial charge in [-0.1, -0.05) is 0 Å². The van der Waals surface area contributed by atoms with Gasteiger partial charge in [0.05, 0.1) is 26.3 Å². The first kappa shape index (κ1) is 24.8. The Morgan fingerprint density at radius 3 is 1.86 bits per heavy atom. The zero-order chi connectivity index (χ0) is 21.6. The quantitative estimate of drug-likeness (QED) is 0.298. The van der Waals surface area contributed by atoms with Crippen molar-refractivity contribution in [3.8, 4) is 0 Å². The van der Waals surface area contributed by atoms with Crippen molar-refractivity contribution in [3.05, 3.63) is 0 Å². The number of ether oxygens (including phenoxy) is 2. The fraction of sp³-hybridized carbons (Fsp3) is 0.765. The number of nitrogens with one attached hydrogen (secondary N) is 4. The SMILES string of the molecule is COCCNC(=O)NC(=O)CN1CCN(CC(=O)NC(=O)NCCOC)C(C)C1. The standard InChI is InChI=1S/C17H32N6O6/c1-13-10-22(11-14(24)20-16(26)18-4-8-28-2)6-7-23(13)12-15(25)21-17(27)19-5-9-29-3/h13H,4-12H2,1-3H3,(H2,18,20,24,26)(H2,19,21,25,27). The number of hydrogen-bond acceptors (Lipinski definition) is 8. The van der Waals surface area contributed by atoms with E-state index in [9.17, 15) is 19.2 Å². The van der Waals surface area contributed by atoms with Gasteiger partial charge in [0.1, 0.15) is 0 Å². The maximum Gasteiger partial charge on any atom is 0.321 e. The minimum absolute atomic E-state index is 0.00869. The largest absolute Gasteiger partial charge is 0.383 e. The molecule has 0 aliphatic carbocycles. The molecule has 12 heteroatoms. The first-order chi connectivity index (χ1) is 13.8. The van der Waals surface area contributed by atoms with Gasteiger partial charge in [-0.25, -0.2) is 9.59 Å². The molecule has 1 aliphatic heterocycles. The molecule has 1 unspecified atom stereocenters. The lowest BCUT2D eigenvalue weighted by atomic mass is 10.2. The highest BCUT2D eigenvalue weighted by atomic mass is 16.5. The van der Waals surface area contributed by atoms with Gasteiger partial charge in [0, 0.05) is 53.0 Å². The van der Waals surface area contributed by atoms with Crippen molar-refractivity contribution in [2.45, 2.75) is 13.0 Å². The minimum Gasteiger partial charge on any atom is -0.383 e. The van der Waals surface area contributed by atoms with Crippen LogP contribution >= 0.6 is 0 Å². The predicted molar refractivity (Wildman–Crippen MR) is 104 cm³/mol. The number of rotatable bonds is 10. The molecular formula is C17H32N6O6. The first-order valence-electron chi connectivity index (χ1n) is 9.45. The Morgan fingerprint density at radius 2 is 1.38 bits per heavy atom. The van der Waals surface area contributed by atoms with Crippen LogP contribution in [0.4, 0.5) is 9.59 Å². The highest BCUT2D eigenvalue weighted by molar-refractivity contribution is 5.95. The smallest absolute Gasteiger partial charge is 0.321 e. The van der Waals surface area contributed by atoms with Crippen LogP contribution in [0.25, 0.3) is 0 Å². The molecule has 1 saturated heterocycles. The lowest BCUT2D eigenvalue weighted by Gasteiger charge is -2.39. The highest BCUT2D eigenvalue weighted by Crippen LogP contribution is 2.08. The van der Waals surface area contributed by atoms with Crippen molar-refractivity contribution in [3.63, 3.8) is 0 Å². The van der Waals surface area contributed by atoms with E-state index in [0.29, 0.717) is 45.9 Å². The van der Waals surface area contributed by atoms with Crippen LogP contribution in [0.2, 0.25) is 0 Å². The Kier molecular flexibility index (Phi) is 11.8. The molecule has 0 saturated carbocycles. The molecule has 0 spiro atoms. The number of hydrogen-bond donors (Lipinski definition) is 4. The number of urea groups is 2. The summed E-state index contributed by atoms with van der Waals surface area (Å²) in [6, 6.07) is -1.10. The molecule has 1 heterocycles. The number of methoxy groups -OCH3 is 2. The monoisotopic (exact) mass is 416 g/mol. The maximum atomic E-state index is 12.0. The van der Waals surface area contributed by atoms with Crippen molar-refractivity contribution in [1.82, 2.24) is 31.1 Å². The Labute approximate surface area is 170 Å². The summed E-state index contributed by atoms with van der Waals surface area (Å²) in [4.78, 5) is 51.0. The van der Waals surface area contributed by atoms with Gasteiger partial charge in [-0.3, -0.25) is 30.0 Å². The highest BCUT2D eigenvalue weighted by Gasteiger charge is 2.27. The summed E-state index contributed by atoms with van der Waals surface area (Å²) in [7, 11) is 3.04. The lowest BCUT2D eigenvalue weighted by molar-refractivity contribution is -0.124. The summed E-state index contributed by atoms with van der Waals surface area (Å²) in [5.74, 6) is -0.795. The summed E-state index contributed by atoms with van der Waals surface area (Å²) < 4.78 is 9.63. The van der Waals surface area contributed by atoms with Crippen LogP contribution in [0.5, 0.6) is 0 Å². The second-order valence-electron chi connectivity index (χ2n) is 6.65. The summed E-state index contributed by atoms with van der Waals surface area (Å²) in [6.07, 6.45) is 0. The summed E-state index contributed by atoms with van der Waals surface area (Å²) in [6.45, 7) is 5.16. The molecule has 4 N–H and O–H groups in total. The van der Waals surface area contributed by atoms with E-state index in [1.165, 1.54) is 14.2 Å². The van der Waals surface area contributed by atoms with Crippen LogP contribution in [0.1, 0.15) is 6.92 Å². The Balaban J connectivity index is 2.29. The average molecular weight is 416 g/mol. The van der Waals surface area contributed by atoms with Crippen LogP contribution in [0, 0.1) is 0 Å². The van der Waals surface area contributed by atoms with E-state index < -0.39 is 23.9 Å². The van der Waals surface area contributed by atoms with Crippen LogP contribution in [0.15, 0.2) is 0 Å². The van der Waals surface area contributed by atoms with E-state index in [2.05, 4.69) is 21.3 Å². The molecule has 0 aromatic rings. The van der Waals surface area contributed by atoms with E-state index in [4.69, 9.17) is 9.47 Å². The molecule has 0 radical (unpaired) electrons. The minimum atomic E-state index is -0.557. The summed E-state index contributed by atoms with van der Waals surface area (Å²) >= 11 is 0. The zero-order valence-electron chi connectivity index (χ0n) is 17.3. The van der Waals surface area contributed by atoms with Crippen molar-refractivity contribution in [2.75, 3.05) is 73.2 Å². The molecule has 0 aromatic carbocycles. The maximum absolute atomic E-state index is 12.0. The second kappa shape index (κ2) is 13.8. The number of carbonyl (C=O) groups is 4. The first-order valence-corrected chi connectivity index (χ1v) is 9.45. The fourth-order valence-corrected chi connectivity index (χ4v) is 2.79. The number of carbonyl (C=O) groups excluding carboxylic acids is 4. The third-order valence-corrected chi connectivity index (χ3v) is 4.25. The molecule has 1 rings (SSSR count). The number of piperazine rings is 1. The Bertz CT molecular complexity index is 561. The topological polar surface area (TPSA) is 141 Å². The molecule has 12 nitrogen and oxygen atoms in total. The van der Waals surface area contributed by atoms with Gasteiger partial charge in [0.2, 0.25) is 11.8 Å². The van der Waals surface area contributed by atoms with Crippen LogP contribution in [-0.4, -0.2) is 113 Å². The molecule has 1 aliphatic rings. The predicted octanol–water partition coefficient (Wildman–Crippen LogP) is -2.06. The molecule has 1 atom stereocenters. The van der Waals surface area contributed by atoms with Crippen LogP contribution in [-0.2, 0) is 19.1 Å².